The Morgan fingerprint density at radius 2 is 2.00 bits per heavy atom. The third-order valence-electron chi connectivity index (χ3n) is 2.49. The summed E-state index contributed by atoms with van der Waals surface area (Å²) >= 11 is 0. The van der Waals surface area contributed by atoms with E-state index in [0.717, 1.165) is 0 Å². The smallest absolute Gasteiger partial charge is 0.0799 e. The SMILES string of the molecule is CCC1OC(COC(C)C)[CH-]C(O)C1O.[Re]. The van der Waals surface area contributed by atoms with Gasteiger partial charge >= 0.3 is 0 Å². The van der Waals surface area contributed by atoms with Crippen LogP contribution >= 0.6 is 0 Å². The Hall–Kier alpha value is 0.502. The second kappa shape index (κ2) is 7.76. The van der Waals surface area contributed by atoms with Crippen molar-refractivity contribution < 1.29 is 40.1 Å². The van der Waals surface area contributed by atoms with E-state index in [-0.39, 0.29) is 38.7 Å². The van der Waals surface area contributed by atoms with Gasteiger partial charge in [0, 0.05) is 27.0 Å². The van der Waals surface area contributed by atoms with Crippen LogP contribution in [0.3, 0.4) is 0 Å². The van der Waals surface area contributed by atoms with Gasteiger partial charge in [-0.15, -0.1) is 0 Å². The predicted octanol–water partition coefficient (Wildman–Crippen LogP) is 0.512. The minimum Gasteiger partial charge on any atom is -0.422 e. The van der Waals surface area contributed by atoms with Gasteiger partial charge in [-0.3, -0.25) is 6.42 Å². The van der Waals surface area contributed by atoms with Crippen molar-refractivity contribution in [2.75, 3.05) is 6.61 Å². The summed E-state index contributed by atoms with van der Waals surface area (Å²) in [7, 11) is 0. The number of rotatable bonds is 4. The molecule has 4 unspecified atom stereocenters. The molecule has 4 nitrogen and oxygen atoms in total. The van der Waals surface area contributed by atoms with E-state index in [1.807, 2.05) is 20.8 Å². The molecular formula is C11H21O4Re-. The second-order valence-corrected chi connectivity index (χ2v) is 4.18. The molecule has 0 bridgehead atoms. The fraction of sp³-hybridized carbons (Fsp3) is 0.909. The van der Waals surface area contributed by atoms with Crippen LogP contribution in [0.25, 0.3) is 0 Å². The Morgan fingerprint density at radius 3 is 2.50 bits per heavy atom. The van der Waals surface area contributed by atoms with Crippen molar-refractivity contribution in [2.45, 2.75) is 57.7 Å². The molecule has 1 radical (unpaired) electrons. The summed E-state index contributed by atoms with van der Waals surface area (Å²) in [6, 6.07) is 0. The maximum absolute atomic E-state index is 9.59. The zero-order valence-electron chi connectivity index (χ0n) is 9.97. The second-order valence-electron chi connectivity index (χ2n) is 4.18. The van der Waals surface area contributed by atoms with Gasteiger partial charge in [-0.05, 0) is 32.5 Å². The molecule has 5 heteroatoms. The topological polar surface area (TPSA) is 58.9 Å². The first-order chi connectivity index (χ1) is 7.04. The van der Waals surface area contributed by atoms with Crippen molar-refractivity contribution in [2.24, 2.45) is 0 Å². The average Bonchev–Trinajstić information content (AvgIpc) is 2.19. The number of hydrogen-bond donors (Lipinski definition) is 2. The van der Waals surface area contributed by atoms with E-state index in [9.17, 15) is 10.2 Å². The van der Waals surface area contributed by atoms with Crippen molar-refractivity contribution in [3.05, 3.63) is 6.42 Å². The number of ether oxygens (including phenoxy) is 2. The Balaban J connectivity index is 0.00000225. The number of aliphatic hydroxyl groups is 2. The summed E-state index contributed by atoms with van der Waals surface area (Å²) in [4.78, 5) is 0. The molecule has 4 atom stereocenters. The van der Waals surface area contributed by atoms with Crippen LogP contribution in [-0.2, 0) is 29.9 Å². The predicted molar refractivity (Wildman–Crippen MR) is 56.4 cm³/mol. The Kier molecular flexibility index (Phi) is 8.00. The molecule has 0 aliphatic carbocycles. The molecule has 1 aliphatic rings. The van der Waals surface area contributed by atoms with E-state index in [1.54, 1.807) is 6.42 Å². The maximum Gasteiger partial charge on any atom is 0.0799 e. The molecule has 0 aromatic rings. The van der Waals surface area contributed by atoms with Crippen LogP contribution < -0.4 is 0 Å². The quantitative estimate of drug-likeness (QED) is 0.672. The first-order valence-electron chi connectivity index (χ1n) is 5.52. The zero-order valence-corrected chi connectivity index (χ0v) is 12.7. The summed E-state index contributed by atoms with van der Waals surface area (Å²) in [5, 5.41) is 19.2. The Morgan fingerprint density at radius 1 is 1.38 bits per heavy atom. The molecule has 1 fully saturated rings. The largest absolute Gasteiger partial charge is 0.422 e. The Bertz CT molecular complexity index is 189. The van der Waals surface area contributed by atoms with Crippen LogP contribution in [0.2, 0.25) is 0 Å². The normalized spacial score (nSPS) is 34.9. The van der Waals surface area contributed by atoms with Crippen LogP contribution in [0.1, 0.15) is 27.2 Å². The van der Waals surface area contributed by atoms with E-state index in [4.69, 9.17) is 9.47 Å². The van der Waals surface area contributed by atoms with Crippen molar-refractivity contribution in [3.8, 4) is 0 Å². The third kappa shape index (κ3) is 4.79. The van der Waals surface area contributed by atoms with Gasteiger partial charge in [0.1, 0.15) is 0 Å². The molecule has 1 aliphatic heterocycles. The molecule has 16 heavy (non-hydrogen) atoms. The minimum atomic E-state index is -0.815. The molecule has 1 saturated heterocycles. The van der Waals surface area contributed by atoms with Crippen molar-refractivity contribution in [1.29, 1.82) is 0 Å². The van der Waals surface area contributed by atoms with Crippen LogP contribution in [0.4, 0.5) is 0 Å². The molecule has 0 spiro atoms. The minimum absolute atomic E-state index is 0. The van der Waals surface area contributed by atoms with Gasteiger partial charge in [-0.2, -0.15) is 0 Å². The van der Waals surface area contributed by atoms with Crippen LogP contribution in [0.15, 0.2) is 0 Å². The molecule has 1 rings (SSSR count). The summed E-state index contributed by atoms with van der Waals surface area (Å²) in [6.07, 6.45) is 0.269. The molecule has 0 saturated carbocycles. The number of aliphatic hydroxyl groups excluding tert-OH is 2. The fourth-order valence-corrected chi connectivity index (χ4v) is 1.62. The molecule has 0 amide bonds. The summed E-state index contributed by atoms with van der Waals surface area (Å²) in [6.45, 7) is 6.25. The van der Waals surface area contributed by atoms with E-state index < -0.39 is 12.2 Å². The molecule has 97 valence electrons. The van der Waals surface area contributed by atoms with Gasteiger partial charge in [-0.1, -0.05) is 6.92 Å². The van der Waals surface area contributed by atoms with Gasteiger partial charge < -0.3 is 19.7 Å². The van der Waals surface area contributed by atoms with Crippen molar-refractivity contribution in [1.82, 2.24) is 0 Å². The van der Waals surface area contributed by atoms with Gasteiger partial charge in [0.15, 0.2) is 0 Å². The third-order valence-corrected chi connectivity index (χ3v) is 2.49. The van der Waals surface area contributed by atoms with Crippen molar-refractivity contribution >= 4 is 0 Å². The Labute approximate surface area is 111 Å². The monoisotopic (exact) mass is 404 g/mol. The van der Waals surface area contributed by atoms with E-state index in [1.165, 1.54) is 0 Å². The average molecular weight is 403 g/mol. The van der Waals surface area contributed by atoms with E-state index >= 15 is 0 Å². The molecule has 1 heterocycles. The van der Waals surface area contributed by atoms with Crippen LogP contribution in [-0.4, -0.2) is 47.3 Å². The summed E-state index contributed by atoms with van der Waals surface area (Å²) in [5.74, 6) is 0. The van der Waals surface area contributed by atoms with E-state index in [2.05, 4.69) is 0 Å². The van der Waals surface area contributed by atoms with Gasteiger partial charge in [0.25, 0.3) is 0 Å². The van der Waals surface area contributed by atoms with Crippen LogP contribution in [0.5, 0.6) is 0 Å². The molecular weight excluding hydrogens is 382 g/mol. The van der Waals surface area contributed by atoms with Gasteiger partial charge in [-0.25, -0.2) is 0 Å². The molecule has 0 aromatic carbocycles. The molecule has 0 aromatic heterocycles. The number of hydrogen-bond acceptors (Lipinski definition) is 4. The summed E-state index contributed by atoms with van der Waals surface area (Å²) in [5.41, 5.74) is 0. The van der Waals surface area contributed by atoms with E-state index in [0.29, 0.717) is 13.0 Å². The first-order valence-corrected chi connectivity index (χ1v) is 5.52. The fourth-order valence-electron chi connectivity index (χ4n) is 1.62. The van der Waals surface area contributed by atoms with Gasteiger partial charge in [0.2, 0.25) is 0 Å². The van der Waals surface area contributed by atoms with Crippen molar-refractivity contribution in [3.63, 3.8) is 0 Å². The molecule has 2 N–H and O–H groups in total. The van der Waals surface area contributed by atoms with Gasteiger partial charge in [0.05, 0.1) is 18.3 Å². The van der Waals surface area contributed by atoms with Crippen LogP contribution in [0, 0.1) is 6.42 Å². The first kappa shape index (κ1) is 16.5. The standard InChI is InChI=1S/C11H21O4.Re/c1-4-10-11(13)9(12)5-8(15-10)6-14-7(2)3;/h5,7-13H,4,6H2,1-3H3;/q-1;. The summed E-state index contributed by atoms with van der Waals surface area (Å²) < 4.78 is 11.0. The maximum atomic E-state index is 9.59. The zero-order chi connectivity index (χ0) is 11.4.